The van der Waals surface area contributed by atoms with Gasteiger partial charge in [-0.1, -0.05) is 13.8 Å². The van der Waals surface area contributed by atoms with Gasteiger partial charge >= 0.3 is 0 Å². The number of carbonyl (C=O) groups excluding carboxylic acids is 1. The molecule has 0 aromatic carbocycles. The first kappa shape index (κ1) is 12.5. The Hall–Kier alpha value is -0.610. The molecule has 2 atom stereocenters. The van der Waals surface area contributed by atoms with Crippen LogP contribution in [0.1, 0.15) is 27.2 Å². The number of carbonyl (C=O) groups is 1. The van der Waals surface area contributed by atoms with Gasteiger partial charge in [-0.25, -0.2) is 0 Å². The third-order valence-corrected chi connectivity index (χ3v) is 2.84. The maximum absolute atomic E-state index is 11.4. The van der Waals surface area contributed by atoms with Crippen LogP contribution in [0.25, 0.3) is 0 Å². The summed E-state index contributed by atoms with van der Waals surface area (Å²) in [4.78, 5) is 13.5. The molecule has 1 aliphatic rings. The lowest BCUT2D eigenvalue weighted by molar-refractivity contribution is -0.126. The number of hydrogen-bond donors (Lipinski definition) is 2. The second-order valence-corrected chi connectivity index (χ2v) is 4.79. The monoisotopic (exact) mass is 214 g/mol. The van der Waals surface area contributed by atoms with Crippen LogP contribution in [0.5, 0.6) is 0 Å². The number of nitrogens with zero attached hydrogens (tertiary/aromatic N) is 1. The first-order valence-corrected chi connectivity index (χ1v) is 5.69. The molecule has 0 saturated carbocycles. The van der Waals surface area contributed by atoms with Gasteiger partial charge < -0.3 is 10.4 Å². The van der Waals surface area contributed by atoms with E-state index in [9.17, 15) is 9.90 Å². The van der Waals surface area contributed by atoms with Crippen LogP contribution in [0.15, 0.2) is 0 Å². The van der Waals surface area contributed by atoms with E-state index in [0.29, 0.717) is 12.5 Å². The van der Waals surface area contributed by atoms with Crippen LogP contribution in [-0.4, -0.2) is 47.7 Å². The molecule has 4 heteroatoms. The molecule has 0 radical (unpaired) electrons. The zero-order valence-corrected chi connectivity index (χ0v) is 9.86. The quantitative estimate of drug-likeness (QED) is 0.703. The lowest BCUT2D eigenvalue weighted by Gasteiger charge is -2.35. The Balaban J connectivity index is 2.41. The molecule has 0 aromatic heterocycles. The van der Waals surface area contributed by atoms with Crippen molar-refractivity contribution in [1.29, 1.82) is 0 Å². The number of nitrogens with one attached hydrogen (secondary N) is 1. The molecular weight excluding hydrogens is 192 g/mol. The summed E-state index contributed by atoms with van der Waals surface area (Å²) in [6.07, 6.45) is 0.449. The van der Waals surface area contributed by atoms with E-state index in [0.717, 1.165) is 19.5 Å². The van der Waals surface area contributed by atoms with Gasteiger partial charge in [0.2, 0.25) is 5.91 Å². The average Bonchev–Trinajstić information content (AvgIpc) is 2.13. The summed E-state index contributed by atoms with van der Waals surface area (Å²) < 4.78 is 0. The lowest BCUT2D eigenvalue weighted by Crippen LogP contribution is -2.56. The predicted octanol–water partition coefficient (Wildman–Crippen LogP) is 0.214. The van der Waals surface area contributed by atoms with E-state index in [4.69, 9.17) is 0 Å². The summed E-state index contributed by atoms with van der Waals surface area (Å²) in [5.74, 6) is 0.564. The average molecular weight is 214 g/mol. The fourth-order valence-electron chi connectivity index (χ4n) is 1.76. The van der Waals surface area contributed by atoms with Crippen molar-refractivity contribution in [2.45, 2.75) is 39.3 Å². The summed E-state index contributed by atoms with van der Waals surface area (Å²) in [5.41, 5.74) is 0. The zero-order chi connectivity index (χ0) is 11.4. The number of hydrogen-bond acceptors (Lipinski definition) is 3. The van der Waals surface area contributed by atoms with E-state index in [2.05, 4.69) is 24.1 Å². The molecule has 1 fully saturated rings. The highest BCUT2D eigenvalue weighted by atomic mass is 16.3. The minimum atomic E-state index is -0.285. The second kappa shape index (κ2) is 5.47. The van der Waals surface area contributed by atoms with Crippen LogP contribution >= 0.6 is 0 Å². The van der Waals surface area contributed by atoms with E-state index >= 15 is 0 Å². The van der Waals surface area contributed by atoms with Crippen LogP contribution in [0.2, 0.25) is 0 Å². The molecule has 2 N–H and O–H groups in total. The van der Waals surface area contributed by atoms with Gasteiger partial charge in [0.25, 0.3) is 0 Å². The normalized spacial score (nSPS) is 25.4. The topological polar surface area (TPSA) is 52.6 Å². The first-order chi connectivity index (χ1) is 6.99. The molecule has 0 spiro atoms. The number of aliphatic hydroxyl groups excluding tert-OH is 1. The second-order valence-electron chi connectivity index (χ2n) is 4.79. The number of piperazine rings is 1. The maximum Gasteiger partial charge on any atom is 0.234 e. The van der Waals surface area contributed by atoms with Gasteiger partial charge in [0, 0.05) is 19.1 Å². The Kier molecular flexibility index (Phi) is 4.54. The Labute approximate surface area is 91.6 Å². The predicted molar refractivity (Wildman–Crippen MR) is 59.5 cm³/mol. The minimum Gasteiger partial charge on any atom is -0.393 e. The standard InChI is InChI=1S/C11H22N2O2/c1-8(2)10-6-13(5-4-9(3)14)7-11(15)12-10/h8-10,14H,4-7H2,1-3H3,(H,12,15). The third kappa shape index (κ3) is 4.18. The van der Waals surface area contributed by atoms with Crippen molar-refractivity contribution in [3.05, 3.63) is 0 Å². The number of aliphatic hydroxyl groups is 1. The highest BCUT2D eigenvalue weighted by Gasteiger charge is 2.26. The highest BCUT2D eigenvalue weighted by Crippen LogP contribution is 2.09. The van der Waals surface area contributed by atoms with Gasteiger partial charge in [-0.2, -0.15) is 0 Å². The van der Waals surface area contributed by atoms with Crippen LogP contribution in [0.4, 0.5) is 0 Å². The molecule has 0 aromatic rings. The van der Waals surface area contributed by atoms with E-state index in [1.807, 2.05) is 0 Å². The Morgan fingerprint density at radius 2 is 2.20 bits per heavy atom. The van der Waals surface area contributed by atoms with Crippen molar-refractivity contribution in [3.8, 4) is 0 Å². The molecular formula is C11H22N2O2. The lowest BCUT2D eigenvalue weighted by atomic mass is 10.0. The molecule has 1 aliphatic heterocycles. The molecule has 1 saturated heterocycles. The Bertz CT molecular complexity index is 217. The van der Waals surface area contributed by atoms with Gasteiger partial charge in [0.05, 0.1) is 12.6 Å². The smallest absolute Gasteiger partial charge is 0.234 e. The van der Waals surface area contributed by atoms with E-state index in [-0.39, 0.29) is 18.1 Å². The number of rotatable bonds is 4. The fourth-order valence-corrected chi connectivity index (χ4v) is 1.76. The van der Waals surface area contributed by atoms with Crippen LogP contribution < -0.4 is 5.32 Å². The van der Waals surface area contributed by atoms with Crippen molar-refractivity contribution in [2.24, 2.45) is 5.92 Å². The number of amides is 1. The van der Waals surface area contributed by atoms with Crippen molar-refractivity contribution < 1.29 is 9.90 Å². The molecule has 4 nitrogen and oxygen atoms in total. The Morgan fingerprint density at radius 1 is 1.53 bits per heavy atom. The molecule has 1 amide bonds. The molecule has 1 heterocycles. The molecule has 0 bridgehead atoms. The molecule has 2 unspecified atom stereocenters. The Morgan fingerprint density at radius 3 is 2.73 bits per heavy atom. The third-order valence-electron chi connectivity index (χ3n) is 2.84. The van der Waals surface area contributed by atoms with Gasteiger partial charge in [0.1, 0.15) is 0 Å². The minimum absolute atomic E-state index is 0.102. The summed E-state index contributed by atoms with van der Waals surface area (Å²) in [5, 5.41) is 12.2. The van der Waals surface area contributed by atoms with Crippen molar-refractivity contribution in [2.75, 3.05) is 19.6 Å². The summed E-state index contributed by atoms with van der Waals surface area (Å²) in [6, 6.07) is 0.250. The van der Waals surface area contributed by atoms with Crippen LogP contribution in [0, 0.1) is 5.92 Å². The summed E-state index contributed by atoms with van der Waals surface area (Å²) >= 11 is 0. The van der Waals surface area contributed by atoms with Gasteiger partial charge in [0.15, 0.2) is 0 Å². The summed E-state index contributed by atoms with van der Waals surface area (Å²) in [7, 11) is 0. The van der Waals surface area contributed by atoms with E-state index in [1.165, 1.54) is 0 Å². The fraction of sp³-hybridized carbons (Fsp3) is 0.909. The molecule has 0 aliphatic carbocycles. The summed E-state index contributed by atoms with van der Waals surface area (Å²) in [6.45, 7) is 8.18. The van der Waals surface area contributed by atoms with Crippen molar-refractivity contribution in [1.82, 2.24) is 10.2 Å². The van der Waals surface area contributed by atoms with Crippen molar-refractivity contribution >= 4 is 5.91 Å². The van der Waals surface area contributed by atoms with Crippen LogP contribution in [-0.2, 0) is 4.79 Å². The zero-order valence-electron chi connectivity index (χ0n) is 9.86. The van der Waals surface area contributed by atoms with E-state index in [1.54, 1.807) is 6.92 Å². The van der Waals surface area contributed by atoms with E-state index < -0.39 is 0 Å². The van der Waals surface area contributed by atoms with Gasteiger partial charge in [-0.3, -0.25) is 9.69 Å². The highest BCUT2D eigenvalue weighted by molar-refractivity contribution is 5.79. The molecule has 88 valence electrons. The largest absolute Gasteiger partial charge is 0.393 e. The van der Waals surface area contributed by atoms with Crippen molar-refractivity contribution in [3.63, 3.8) is 0 Å². The molecule has 15 heavy (non-hydrogen) atoms. The van der Waals surface area contributed by atoms with Gasteiger partial charge in [-0.05, 0) is 19.3 Å². The molecule has 1 rings (SSSR count). The SMILES string of the molecule is CC(O)CCN1CC(=O)NC(C(C)C)C1. The van der Waals surface area contributed by atoms with Gasteiger partial charge in [-0.15, -0.1) is 0 Å². The maximum atomic E-state index is 11.4. The first-order valence-electron chi connectivity index (χ1n) is 5.69. The van der Waals surface area contributed by atoms with Crippen LogP contribution in [0.3, 0.4) is 0 Å².